The van der Waals surface area contributed by atoms with Crippen molar-refractivity contribution >= 4 is 17.3 Å². The van der Waals surface area contributed by atoms with Gasteiger partial charge in [-0.3, -0.25) is 14.4 Å². The van der Waals surface area contributed by atoms with Crippen LogP contribution in [0, 0.1) is 0 Å². The minimum Gasteiger partial charge on any atom is -0.380 e. The molecule has 1 unspecified atom stereocenters. The zero-order valence-electron chi connectivity index (χ0n) is 15.0. The van der Waals surface area contributed by atoms with Gasteiger partial charge in [0.1, 0.15) is 6.10 Å². The molecule has 0 saturated heterocycles. The first-order valence-corrected chi connectivity index (χ1v) is 8.76. The molecule has 0 amide bonds. The molecular weight excluding hydrogens is 352 g/mol. The molecule has 0 radical (unpaired) electrons. The van der Waals surface area contributed by atoms with Crippen LogP contribution in [0.4, 0.5) is 0 Å². The van der Waals surface area contributed by atoms with Gasteiger partial charge >= 0.3 is 0 Å². The number of hydrogen-bond acceptors (Lipinski definition) is 4. The van der Waals surface area contributed by atoms with Crippen LogP contribution in [0.2, 0.25) is 0 Å². The van der Waals surface area contributed by atoms with E-state index in [-0.39, 0.29) is 17.3 Å². The summed E-state index contributed by atoms with van der Waals surface area (Å²) in [5.41, 5.74) is 2.16. The maximum absolute atomic E-state index is 11.9. The highest BCUT2D eigenvalue weighted by molar-refractivity contribution is 6.21. The summed E-state index contributed by atoms with van der Waals surface area (Å²) in [6.07, 6.45) is 1.54. The fraction of sp³-hybridized carbons (Fsp3) is 0.0417. The number of hydrogen-bond donors (Lipinski definition) is 1. The van der Waals surface area contributed by atoms with Gasteiger partial charge in [0.25, 0.3) is 0 Å². The van der Waals surface area contributed by atoms with E-state index in [2.05, 4.69) is 0 Å². The number of carbonyl (C=O) groups is 3. The van der Waals surface area contributed by atoms with Gasteiger partial charge in [-0.05, 0) is 17.7 Å². The highest BCUT2D eigenvalue weighted by atomic mass is 16.3. The third-order valence-electron chi connectivity index (χ3n) is 4.27. The number of aliphatic hydroxyl groups is 1. The molecule has 4 heteroatoms. The first kappa shape index (κ1) is 19.1. The summed E-state index contributed by atoms with van der Waals surface area (Å²) in [5, 5.41) is 9.89. The van der Waals surface area contributed by atoms with Crippen molar-refractivity contribution in [3.05, 3.63) is 119 Å². The number of Topliss-reactive ketones (excluding diaryl/α,β-unsaturated/α-hetero) is 1. The predicted octanol–water partition coefficient (Wildman–Crippen LogP) is 4.22. The molecule has 0 spiro atoms. The lowest BCUT2D eigenvalue weighted by Gasteiger charge is -2.09. The standard InChI is InChI=1S/C14H12O2.C10H6O2/c15-13(11-7-3-1-4-8-11)14(16)12-9-5-2-6-10-12;11-9-5-6-10(12)8-4-2-1-3-7(8)9/h1-10,13,15H;1-6H. The van der Waals surface area contributed by atoms with Gasteiger partial charge in [0.15, 0.2) is 17.3 Å². The maximum Gasteiger partial charge on any atom is 0.195 e. The second-order valence-corrected chi connectivity index (χ2v) is 6.15. The number of benzene rings is 3. The third kappa shape index (κ3) is 4.37. The van der Waals surface area contributed by atoms with E-state index >= 15 is 0 Å². The van der Waals surface area contributed by atoms with E-state index in [1.54, 1.807) is 72.8 Å². The zero-order valence-corrected chi connectivity index (χ0v) is 15.0. The van der Waals surface area contributed by atoms with Gasteiger partial charge in [-0.15, -0.1) is 0 Å². The van der Waals surface area contributed by atoms with Gasteiger partial charge in [0, 0.05) is 16.7 Å². The highest BCUT2D eigenvalue weighted by Gasteiger charge is 2.18. The SMILES string of the molecule is O=C(c1ccccc1)C(O)c1ccccc1.O=C1C=CC(=O)c2ccccc21. The van der Waals surface area contributed by atoms with Crippen molar-refractivity contribution in [2.45, 2.75) is 6.10 Å². The van der Waals surface area contributed by atoms with E-state index in [4.69, 9.17) is 0 Å². The van der Waals surface area contributed by atoms with Gasteiger partial charge in [-0.1, -0.05) is 84.9 Å². The van der Waals surface area contributed by atoms with Crippen molar-refractivity contribution in [2.75, 3.05) is 0 Å². The Bertz CT molecular complexity index is 984. The van der Waals surface area contributed by atoms with Crippen molar-refractivity contribution in [3.63, 3.8) is 0 Å². The van der Waals surface area contributed by atoms with Crippen LogP contribution in [-0.4, -0.2) is 22.5 Å². The van der Waals surface area contributed by atoms with Crippen LogP contribution in [-0.2, 0) is 0 Å². The lowest BCUT2D eigenvalue weighted by molar-refractivity contribution is 0.0747. The Labute approximate surface area is 162 Å². The molecule has 28 heavy (non-hydrogen) atoms. The van der Waals surface area contributed by atoms with E-state index in [9.17, 15) is 19.5 Å². The number of ketones is 3. The van der Waals surface area contributed by atoms with E-state index in [1.807, 2.05) is 12.1 Å². The largest absolute Gasteiger partial charge is 0.380 e. The number of rotatable bonds is 3. The molecule has 0 fully saturated rings. The second kappa shape index (κ2) is 8.84. The highest BCUT2D eigenvalue weighted by Crippen LogP contribution is 2.18. The van der Waals surface area contributed by atoms with Crippen molar-refractivity contribution in [3.8, 4) is 0 Å². The zero-order chi connectivity index (χ0) is 19.9. The molecule has 4 nitrogen and oxygen atoms in total. The fourth-order valence-corrected chi connectivity index (χ4v) is 2.79. The number of carbonyl (C=O) groups excluding carboxylic acids is 3. The van der Waals surface area contributed by atoms with Crippen LogP contribution >= 0.6 is 0 Å². The summed E-state index contributed by atoms with van der Waals surface area (Å²) < 4.78 is 0. The molecule has 0 aromatic heterocycles. The van der Waals surface area contributed by atoms with Crippen LogP contribution < -0.4 is 0 Å². The molecule has 0 heterocycles. The van der Waals surface area contributed by atoms with Crippen LogP contribution in [0.15, 0.2) is 97.1 Å². The number of aliphatic hydroxyl groups excluding tert-OH is 1. The Morgan fingerprint density at radius 3 is 1.57 bits per heavy atom. The Balaban J connectivity index is 0.000000167. The van der Waals surface area contributed by atoms with Crippen LogP contribution in [0.1, 0.15) is 42.7 Å². The normalized spacial score (nSPS) is 13.2. The molecule has 0 bridgehead atoms. The quantitative estimate of drug-likeness (QED) is 0.701. The number of allylic oxidation sites excluding steroid dienone is 2. The summed E-state index contributed by atoms with van der Waals surface area (Å²) in [6, 6.07) is 24.6. The van der Waals surface area contributed by atoms with Crippen LogP contribution in [0.3, 0.4) is 0 Å². The monoisotopic (exact) mass is 370 g/mol. The topological polar surface area (TPSA) is 71.4 Å². The Morgan fingerprint density at radius 2 is 1.07 bits per heavy atom. The molecular formula is C24H18O4. The fourth-order valence-electron chi connectivity index (χ4n) is 2.79. The average molecular weight is 370 g/mol. The smallest absolute Gasteiger partial charge is 0.195 e. The Morgan fingerprint density at radius 1 is 0.643 bits per heavy atom. The van der Waals surface area contributed by atoms with Crippen LogP contribution in [0.25, 0.3) is 0 Å². The summed E-state index contributed by atoms with van der Waals surface area (Å²) in [7, 11) is 0. The lowest BCUT2D eigenvalue weighted by atomic mass is 9.95. The second-order valence-electron chi connectivity index (χ2n) is 6.15. The Hall–Kier alpha value is -3.63. The van der Waals surface area contributed by atoms with Crippen molar-refractivity contribution in [1.82, 2.24) is 0 Å². The van der Waals surface area contributed by atoms with E-state index in [0.29, 0.717) is 22.3 Å². The van der Waals surface area contributed by atoms with Gasteiger partial charge in [0.2, 0.25) is 0 Å². The predicted molar refractivity (Wildman–Crippen MR) is 106 cm³/mol. The van der Waals surface area contributed by atoms with Crippen molar-refractivity contribution in [2.24, 2.45) is 0 Å². The summed E-state index contributed by atoms with van der Waals surface area (Å²) in [5.74, 6) is -0.456. The minimum absolute atomic E-state index is 0.0924. The molecule has 0 aliphatic heterocycles. The molecule has 1 aliphatic carbocycles. The first-order chi connectivity index (χ1) is 13.6. The van der Waals surface area contributed by atoms with E-state index < -0.39 is 6.10 Å². The molecule has 3 aromatic carbocycles. The maximum atomic E-state index is 11.9. The van der Waals surface area contributed by atoms with Crippen molar-refractivity contribution in [1.29, 1.82) is 0 Å². The molecule has 1 aliphatic rings. The number of fused-ring (bicyclic) bond motifs is 1. The minimum atomic E-state index is -1.08. The lowest BCUT2D eigenvalue weighted by Crippen LogP contribution is -2.11. The van der Waals surface area contributed by atoms with Crippen molar-refractivity contribution < 1.29 is 19.5 Å². The van der Waals surface area contributed by atoms with E-state index in [0.717, 1.165) is 0 Å². The third-order valence-corrected chi connectivity index (χ3v) is 4.27. The van der Waals surface area contributed by atoms with Gasteiger partial charge in [-0.25, -0.2) is 0 Å². The molecule has 1 N–H and O–H groups in total. The molecule has 4 rings (SSSR count). The molecule has 3 aromatic rings. The molecule has 1 atom stereocenters. The summed E-state index contributed by atoms with van der Waals surface area (Å²) in [4.78, 5) is 34.3. The molecule has 0 saturated carbocycles. The van der Waals surface area contributed by atoms with E-state index in [1.165, 1.54) is 12.2 Å². The van der Waals surface area contributed by atoms with Gasteiger partial charge in [0.05, 0.1) is 0 Å². The molecule has 138 valence electrons. The Kier molecular flexibility index (Phi) is 6.04. The summed E-state index contributed by atoms with van der Waals surface area (Å²) in [6.45, 7) is 0. The summed E-state index contributed by atoms with van der Waals surface area (Å²) >= 11 is 0. The van der Waals surface area contributed by atoms with Gasteiger partial charge < -0.3 is 5.11 Å². The van der Waals surface area contributed by atoms with Crippen LogP contribution in [0.5, 0.6) is 0 Å². The van der Waals surface area contributed by atoms with Gasteiger partial charge in [-0.2, -0.15) is 0 Å². The first-order valence-electron chi connectivity index (χ1n) is 8.76. The average Bonchev–Trinajstić information content (AvgIpc) is 2.77.